The van der Waals surface area contributed by atoms with Crippen molar-refractivity contribution in [2.45, 2.75) is 6.04 Å². The van der Waals surface area contributed by atoms with Gasteiger partial charge in [-0.2, -0.15) is 0 Å². The number of fused-ring (bicyclic) bond motifs is 1. The normalized spacial score (nSPS) is 13.0. The Bertz CT molecular complexity index is 722. The Morgan fingerprint density at radius 1 is 1.26 bits per heavy atom. The van der Waals surface area contributed by atoms with Crippen LogP contribution in [0.15, 0.2) is 50.1 Å². The van der Waals surface area contributed by atoms with Crippen LogP contribution in [0.1, 0.15) is 17.4 Å². The fourth-order valence-electron chi connectivity index (χ4n) is 2.01. The van der Waals surface area contributed by atoms with Crippen molar-refractivity contribution in [3.8, 4) is 0 Å². The second-order valence-electron chi connectivity index (χ2n) is 4.08. The molecular formula is C13H10BrClN2O2. The average molecular weight is 342 g/mol. The highest BCUT2D eigenvalue weighted by atomic mass is 79.9. The van der Waals surface area contributed by atoms with E-state index < -0.39 is 0 Å². The molecule has 0 spiro atoms. The molecule has 0 radical (unpaired) electrons. The lowest BCUT2D eigenvalue weighted by molar-refractivity contribution is 0.467. The van der Waals surface area contributed by atoms with Gasteiger partial charge in [0.1, 0.15) is 17.4 Å². The molecule has 1 unspecified atom stereocenters. The molecule has 4 nitrogen and oxygen atoms in total. The second kappa shape index (κ2) is 5.02. The van der Waals surface area contributed by atoms with Crippen LogP contribution in [0.4, 0.5) is 0 Å². The molecule has 0 fully saturated rings. The fraction of sp³-hybridized carbons (Fsp3) is 0.0769. The fourth-order valence-corrected chi connectivity index (χ4v) is 2.66. The summed E-state index contributed by atoms with van der Waals surface area (Å²) >= 11 is 9.30. The van der Waals surface area contributed by atoms with Crippen molar-refractivity contribution in [2.24, 2.45) is 5.84 Å². The number of benzene rings is 1. The summed E-state index contributed by atoms with van der Waals surface area (Å²) in [5.41, 5.74) is 4.35. The predicted octanol–water partition coefficient (Wildman–Crippen LogP) is 3.99. The Hall–Kier alpha value is -1.27. The molecule has 0 saturated carbocycles. The van der Waals surface area contributed by atoms with Gasteiger partial charge in [0.05, 0.1) is 6.26 Å². The number of rotatable bonds is 3. The molecule has 3 N–H and O–H groups in total. The number of hydrogen-bond acceptors (Lipinski definition) is 4. The molecule has 0 saturated heterocycles. The SMILES string of the molecule is NNC(c1cc2cc(Cl)ccc2o1)c1ccoc1Br. The first kappa shape index (κ1) is 12.7. The highest BCUT2D eigenvalue weighted by Gasteiger charge is 2.21. The van der Waals surface area contributed by atoms with Gasteiger partial charge in [-0.3, -0.25) is 5.84 Å². The van der Waals surface area contributed by atoms with Gasteiger partial charge in [-0.15, -0.1) is 0 Å². The van der Waals surface area contributed by atoms with Crippen LogP contribution in [0.2, 0.25) is 5.02 Å². The van der Waals surface area contributed by atoms with E-state index in [1.165, 1.54) is 0 Å². The maximum Gasteiger partial charge on any atom is 0.174 e. The predicted molar refractivity (Wildman–Crippen MR) is 76.8 cm³/mol. The Morgan fingerprint density at radius 3 is 2.79 bits per heavy atom. The summed E-state index contributed by atoms with van der Waals surface area (Å²) in [6, 6.07) is 8.91. The first-order valence-corrected chi connectivity index (χ1v) is 6.74. The average Bonchev–Trinajstić information content (AvgIpc) is 2.97. The molecule has 1 atom stereocenters. The van der Waals surface area contributed by atoms with E-state index in [2.05, 4.69) is 21.4 Å². The number of furan rings is 2. The summed E-state index contributed by atoms with van der Waals surface area (Å²) in [7, 11) is 0. The van der Waals surface area contributed by atoms with Gasteiger partial charge in [-0.05, 0) is 46.3 Å². The molecule has 0 aliphatic rings. The van der Waals surface area contributed by atoms with Crippen molar-refractivity contribution in [3.05, 3.63) is 57.6 Å². The van der Waals surface area contributed by atoms with Crippen molar-refractivity contribution in [3.63, 3.8) is 0 Å². The lowest BCUT2D eigenvalue weighted by Crippen LogP contribution is -2.28. The van der Waals surface area contributed by atoms with Gasteiger partial charge in [-0.25, -0.2) is 5.43 Å². The highest BCUT2D eigenvalue weighted by Crippen LogP contribution is 2.33. The minimum Gasteiger partial charge on any atom is -0.459 e. The molecule has 6 heteroatoms. The van der Waals surface area contributed by atoms with E-state index in [4.69, 9.17) is 26.3 Å². The molecule has 3 rings (SSSR count). The quantitative estimate of drug-likeness (QED) is 0.558. The van der Waals surface area contributed by atoms with Gasteiger partial charge in [0.25, 0.3) is 0 Å². The smallest absolute Gasteiger partial charge is 0.174 e. The molecular weight excluding hydrogens is 332 g/mol. The standard InChI is InChI=1S/C13H10BrClN2O2/c14-13-9(3-4-18-13)12(17-16)11-6-7-5-8(15)1-2-10(7)19-11/h1-6,12,17H,16H2. The molecule has 1 aromatic carbocycles. The lowest BCUT2D eigenvalue weighted by atomic mass is 10.1. The largest absolute Gasteiger partial charge is 0.459 e. The van der Waals surface area contributed by atoms with Crippen molar-refractivity contribution in [1.82, 2.24) is 5.43 Å². The summed E-state index contributed by atoms with van der Waals surface area (Å²) in [5.74, 6) is 6.31. The van der Waals surface area contributed by atoms with Crippen LogP contribution in [0.3, 0.4) is 0 Å². The van der Waals surface area contributed by atoms with Crippen molar-refractivity contribution < 1.29 is 8.83 Å². The van der Waals surface area contributed by atoms with E-state index in [9.17, 15) is 0 Å². The molecule has 3 aromatic rings. The minimum atomic E-state index is -0.292. The number of halogens is 2. The molecule has 0 aliphatic heterocycles. The summed E-state index contributed by atoms with van der Waals surface area (Å²) in [4.78, 5) is 0. The summed E-state index contributed by atoms with van der Waals surface area (Å²) < 4.78 is 11.6. The van der Waals surface area contributed by atoms with Gasteiger partial charge >= 0.3 is 0 Å². The lowest BCUT2D eigenvalue weighted by Gasteiger charge is -2.11. The topological polar surface area (TPSA) is 64.3 Å². The van der Waals surface area contributed by atoms with Crippen molar-refractivity contribution in [2.75, 3.05) is 0 Å². The van der Waals surface area contributed by atoms with E-state index in [0.717, 1.165) is 16.5 Å². The van der Waals surface area contributed by atoms with Crippen molar-refractivity contribution >= 4 is 38.5 Å². The molecule has 0 aliphatic carbocycles. The van der Waals surface area contributed by atoms with Gasteiger partial charge in [-0.1, -0.05) is 11.6 Å². The van der Waals surface area contributed by atoms with E-state index in [1.807, 2.05) is 24.3 Å². The van der Waals surface area contributed by atoms with Gasteiger partial charge in [0.2, 0.25) is 0 Å². The molecule has 19 heavy (non-hydrogen) atoms. The third-order valence-electron chi connectivity index (χ3n) is 2.91. The zero-order chi connectivity index (χ0) is 13.4. The zero-order valence-corrected chi connectivity index (χ0v) is 12.0. The number of hydrazine groups is 1. The van der Waals surface area contributed by atoms with Crippen LogP contribution in [-0.2, 0) is 0 Å². The van der Waals surface area contributed by atoms with Gasteiger partial charge in [0, 0.05) is 16.0 Å². The van der Waals surface area contributed by atoms with Crippen LogP contribution < -0.4 is 11.3 Å². The van der Waals surface area contributed by atoms with Gasteiger partial charge < -0.3 is 8.83 Å². The molecule has 0 bridgehead atoms. The summed E-state index contributed by atoms with van der Waals surface area (Å²) in [6.45, 7) is 0. The van der Waals surface area contributed by atoms with Crippen LogP contribution >= 0.6 is 27.5 Å². The first-order chi connectivity index (χ1) is 9.19. The Labute approximate surface area is 122 Å². The van der Waals surface area contributed by atoms with E-state index in [0.29, 0.717) is 15.5 Å². The van der Waals surface area contributed by atoms with Crippen LogP contribution in [0.5, 0.6) is 0 Å². The van der Waals surface area contributed by atoms with Crippen LogP contribution in [0, 0.1) is 0 Å². The van der Waals surface area contributed by atoms with E-state index in [-0.39, 0.29) is 6.04 Å². The minimum absolute atomic E-state index is 0.292. The third-order valence-corrected chi connectivity index (χ3v) is 3.79. The van der Waals surface area contributed by atoms with Crippen LogP contribution in [0.25, 0.3) is 11.0 Å². The number of hydrogen-bond donors (Lipinski definition) is 2. The Morgan fingerprint density at radius 2 is 2.11 bits per heavy atom. The van der Waals surface area contributed by atoms with Gasteiger partial charge in [0.15, 0.2) is 4.67 Å². The maximum absolute atomic E-state index is 5.96. The van der Waals surface area contributed by atoms with Crippen LogP contribution in [-0.4, -0.2) is 0 Å². The second-order valence-corrected chi connectivity index (χ2v) is 5.24. The molecule has 0 amide bonds. The monoisotopic (exact) mass is 340 g/mol. The Kier molecular flexibility index (Phi) is 3.36. The molecule has 2 heterocycles. The zero-order valence-electron chi connectivity index (χ0n) is 9.69. The first-order valence-electron chi connectivity index (χ1n) is 5.57. The maximum atomic E-state index is 5.96. The summed E-state index contributed by atoms with van der Waals surface area (Å²) in [5, 5.41) is 1.60. The third kappa shape index (κ3) is 2.30. The number of nitrogens with one attached hydrogen (secondary N) is 1. The number of nitrogens with two attached hydrogens (primary N) is 1. The van der Waals surface area contributed by atoms with E-state index >= 15 is 0 Å². The summed E-state index contributed by atoms with van der Waals surface area (Å²) in [6.07, 6.45) is 1.59. The Balaban J connectivity index is 2.09. The van der Waals surface area contributed by atoms with E-state index in [1.54, 1.807) is 12.3 Å². The molecule has 2 aromatic heterocycles. The highest BCUT2D eigenvalue weighted by molar-refractivity contribution is 9.10. The van der Waals surface area contributed by atoms with Crippen molar-refractivity contribution in [1.29, 1.82) is 0 Å². The molecule has 98 valence electrons.